The highest BCUT2D eigenvalue weighted by atomic mass is 16.2. The lowest BCUT2D eigenvalue weighted by molar-refractivity contribution is -0.117. The van der Waals surface area contributed by atoms with Crippen LogP contribution in [-0.2, 0) is 4.79 Å². The van der Waals surface area contributed by atoms with Gasteiger partial charge < -0.3 is 5.32 Å². The highest BCUT2D eigenvalue weighted by molar-refractivity contribution is 5.92. The lowest BCUT2D eigenvalue weighted by atomic mass is 10.3. The molecule has 3 heteroatoms. The Bertz CT molecular complexity index is 294. The third-order valence-corrected chi connectivity index (χ3v) is 2.32. The number of hydrogen-bond acceptors (Lipinski definition) is 2. The second kappa shape index (κ2) is 6.19. The molecular formula is C12H18N2O. The van der Waals surface area contributed by atoms with E-state index in [1.54, 1.807) is 0 Å². The van der Waals surface area contributed by atoms with Gasteiger partial charge in [0, 0.05) is 5.69 Å². The summed E-state index contributed by atoms with van der Waals surface area (Å²) in [5.41, 5.74) is 0.856. The third kappa shape index (κ3) is 4.13. The van der Waals surface area contributed by atoms with Gasteiger partial charge >= 0.3 is 0 Å². The summed E-state index contributed by atoms with van der Waals surface area (Å²) in [6.07, 6.45) is 0. The summed E-state index contributed by atoms with van der Waals surface area (Å²) in [5, 5.41) is 2.86. The van der Waals surface area contributed by atoms with Crippen molar-refractivity contribution in [2.24, 2.45) is 0 Å². The second-order valence-electron chi connectivity index (χ2n) is 3.38. The molecule has 0 aliphatic rings. The van der Waals surface area contributed by atoms with Crippen LogP contribution in [0.1, 0.15) is 13.8 Å². The van der Waals surface area contributed by atoms with Crippen molar-refractivity contribution < 1.29 is 4.79 Å². The Balaban J connectivity index is 2.43. The Morgan fingerprint density at radius 3 is 2.33 bits per heavy atom. The van der Waals surface area contributed by atoms with Crippen LogP contribution in [0.3, 0.4) is 0 Å². The molecule has 1 aromatic rings. The SMILES string of the molecule is CCN(CC)CC(=O)Nc1ccccc1. The standard InChI is InChI=1S/C12H18N2O/c1-3-14(4-2)10-12(15)13-11-8-6-5-7-9-11/h5-9H,3-4,10H2,1-2H3,(H,13,15). The van der Waals surface area contributed by atoms with E-state index >= 15 is 0 Å². The summed E-state index contributed by atoms with van der Waals surface area (Å²) in [7, 11) is 0. The van der Waals surface area contributed by atoms with E-state index in [0.29, 0.717) is 6.54 Å². The predicted molar refractivity (Wildman–Crippen MR) is 62.9 cm³/mol. The van der Waals surface area contributed by atoms with Crippen molar-refractivity contribution in [3.8, 4) is 0 Å². The van der Waals surface area contributed by atoms with Crippen molar-refractivity contribution in [1.29, 1.82) is 0 Å². The van der Waals surface area contributed by atoms with Gasteiger partial charge in [-0.2, -0.15) is 0 Å². The summed E-state index contributed by atoms with van der Waals surface area (Å²) < 4.78 is 0. The number of anilines is 1. The number of carbonyl (C=O) groups is 1. The molecule has 1 rings (SSSR count). The Hall–Kier alpha value is -1.35. The molecule has 0 bridgehead atoms. The second-order valence-corrected chi connectivity index (χ2v) is 3.38. The van der Waals surface area contributed by atoms with Gasteiger partial charge in [0.2, 0.25) is 5.91 Å². The Morgan fingerprint density at radius 2 is 1.80 bits per heavy atom. The zero-order valence-corrected chi connectivity index (χ0v) is 9.36. The van der Waals surface area contributed by atoms with Gasteiger partial charge in [-0.3, -0.25) is 9.69 Å². The van der Waals surface area contributed by atoms with Crippen LogP contribution < -0.4 is 5.32 Å². The molecule has 1 aromatic carbocycles. The van der Waals surface area contributed by atoms with Crippen LogP contribution in [0.2, 0.25) is 0 Å². The summed E-state index contributed by atoms with van der Waals surface area (Å²) in [5.74, 6) is 0.0462. The number of likely N-dealkylation sites (N-methyl/N-ethyl adjacent to an activating group) is 1. The van der Waals surface area contributed by atoms with E-state index in [2.05, 4.69) is 24.1 Å². The Kier molecular flexibility index (Phi) is 4.84. The molecule has 82 valence electrons. The molecule has 1 amide bonds. The molecule has 0 unspecified atom stereocenters. The average molecular weight is 206 g/mol. The largest absolute Gasteiger partial charge is 0.325 e. The first-order chi connectivity index (χ1) is 7.26. The van der Waals surface area contributed by atoms with Crippen LogP contribution >= 0.6 is 0 Å². The van der Waals surface area contributed by atoms with E-state index in [9.17, 15) is 4.79 Å². The van der Waals surface area contributed by atoms with Crippen molar-refractivity contribution in [3.63, 3.8) is 0 Å². The monoisotopic (exact) mass is 206 g/mol. The molecule has 0 aliphatic heterocycles. The van der Waals surface area contributed by atoms with Crippen LogP contribution in [0.25, 0.3) is 0 Å². The van der Waals surface area contributed by atoms with Crippen molar-refractivity contribution in [3.05, 3.63) is 30.3 Å². The zero-order chi connectivity index (χ0) is 11.1. The molecule has 0 saturated heterocycles. The van der Waals surface area contributed by atoms with Crippen molar-refractivity contribution in [1.82, 2.24) is 4.90 Å². The Labute approximate surface area is 91.1 Å². The number of benzene rings is 1. The molecule has 15 heavy (non-hydrogen) atoms. The highest BCUT2D eigenvalue weighted by Crippen LogP contribution is 2.04. The fraction of sp³-hybridized carbons (Fsp3) is 0.417. The molecular weight excluding hydrogens is 188 g/mol. The molecule has 0 aliphatic carbocycles. The van der Waals surface area contributed by atoms with Crippen molar-refractivity contribution in [2.75, 3.05) is 25.0 Å². The summed E-state index contributed by atoms with van der Waals surface area (Å²) in [4.78, 5) is 13.7. The Morgan fingerprint density at radius 1 is 1.20 bits per heavy atom. The van der Waals surface area contributed by atoms with Crippen molar-refractivity contribution in [2.45, 2.75) is 13.8 Å². The third-order valence-electron chi connectivity index (χ3n) is 2.32. The van der Waals surface area contributed by atoms with Gasteiger partial charge in [-0.05, 0) is 25.2 Å². The highest BCUT2D eigenvalue weighted by Gasteiger charge is 2.06. The number of para-hydroxylation sites is 1. The van der Waals surface area contributed by atoms with Gasteiger partial charge in [-0.25, -0.2) is 0 Å². The molecule has 0 atom stereocenters. The van der Waals surface area contributed by atoms with Gasteiger partial charge in [0.05, 0.1) is 6.54 Å². The van der Waals surface area contributed by atoms with Crippen LogP contribution in [0.4, 0.5) is 5.69 Å². The topological polar surface area (TPSA) is 32.3 Å². The molecule has 0 aromatic heterocycles. The molecule has 1 N–H and O–H groups in total. The van der Waals surface area contributed by atoms with E-state index in [0.717, 1.165) is 18.8 Å². The maximum Gasteiger partial charge on any atom is 0.238 e. The summed E-state index contributed by atoms with van der Waals surface area (Å²) in [6.45, 7) is 6.37. The van der Waals surface area contributed by atoms with Crippen LogP contribution in [0, 0.1) is 0 Å². The van der Waals surface area contributed by atoms with Gasteiger partial charge in [-0.1, -0.05) is 32.0 Å². The lowest BCUT2D eigenvalue weighted by Crippen LogP contribution is -2.32. The van der Waals surface area contributed by atoms with Gasteiger partial charge in [0.25, 0.3) is 0 Å². The van der Waals surface area contributed by atoms with Crippen LogP contribution in [0.15, 0.2) is 30.3 Å². The summed E-state index contributed by atoms with van der Waals surface area (Å²) in [6, 6.07) is 9.53. The van der Waals surface area contributed by atoms with E-state index in [4.69, 9.17) is 0 Å². The number of hydrogen-bond donors (Lipinski definition) is 1. The first-order valence-corrected chi connectivity index (χ1v) is 5.33. The minimum Gasteiger partial charge on any atom is -0.325 e. The minimum absolute atomic E-state index is 0.0462. The van der Waals surface area contributed by atoms with E-state index < -0.39 is 0 Å². The van der Waals surface area contributed by atoms with Gasteiger partial charge in [-0.15, -0.1) is 0 Å². The molecule has 0 spiro atoms. The number of nitrogens with zero attached hydrogens (tertiary/aromatic N) is 1. The zero-order valence-electron chi connectivity index (χ0n) is 9.36. The van der Waals surface area contributed by atoms with Crippen LogP contribution in [-0.4, -0.2) is 30.4 Å². The van der Waals surface area contributed by atoms with E-state index in [-0.39, 0.29) is 5.91 Å². The van der Waals surface area contributed by atoms with Gasteiger partial charge in [0.15, 0.2) is 0 Å². The van der Waals surface area contributed by atoms with E-state index in [1.807, 2.05) is 30.3 Å². The number of carbonyl (C=O) groups excluding carboxylic acids is 1. The predicted octanol–water partition coefficient (Wildman–Crippen LogP) is 1.97. The smallest absolute Gasteiger partial charge is 0.238 e. The maximum absolute atomic E-state index is 11.6. The fourth-order valence-electron chi connectivity index (χ4n) is 1.37. The normalized spacial score (nSPS) is 10.3. The van der Waals surface area contributed by atoms with Crippen LogP contribution in [0.5, 0.6) is 0 Å². The number of nitrogens with one attached hydrogen (secondary N) is 1. The lowest BCUT2D eigenvalue weighted by Gasteiger charge is -2.17. The summed E-state index contributed by atoms with van der Waals surface area (Å²) >= 11 is 0. The first-order valence-electron chi connectivity index (χ1n) is 5.33. The molecule has 3 nitrogen and oxygen atoms in total. The van der Waals surface area contributed by atoms with Crippen molar-refractivity contribution >= 4 is 11.6 Å². The quantitative estimate of drug-likeness (QED) is 0.798. The molecule has 0 saturated carbocycles. The first kappa shape index (κ1) is 11.7. The van der Waals surface area contributed by atoms with Gasteiger partial charge in [0.1, 0.15) is 0 Å². The molecule has 0 radical (unpaired) electrons. The average Bonchev–Trinajstić information content (AvgIpc) is 2.27. The maximum atomic E-state index is 11.6. The fourth-order valence-corrected chi connectivity index (χ4v) is 1.37. The van der Waals surface area contributed by atoms with E-state index in [1.165, 1.54) is 0 Å². The number of rotatable bonds is 5. The number of amides is 1. The molecule has 0 fully saturated rings. The minimum atomic E-state index is 0.0462. The molecule has 0 heterocycles.